The van der Waals surface area contributed by atoms with Crippen molar-refractivity contribution >= 4 is 18.4 Å². The number of hydrogen-bond donors (Lipinski definition) is 4. The summed E-state index contributed by atoms with van der Waals surface area (Å²) in [7, 11) is 0. The van der Waals surface area contributed by atoms with E-state index in [0.717, 1.165) is 52.4 Å². The number of halogens is 1. The molecule has 114 valence electrons. The highest BCUT2D eigenvalue weighted by atomic mass is 35.5. The molecule has 0 atom stereocenters. The predicted molar refractivity (Wildman–Crippen MR) is 80.8 cm³/mol. The van der Waals surface area contributed by atoms with Gasteiger partial charge >= 0.3 is 0 Å². The normalized spacial score (nSPS) is 18.8. The van der Waals surface area contributed by atoms with E-state index in [1.54, 1.807) is 0 Å². The minimum atomic E-state index is 0. The Kier molecular flexibility index (Phi) is 10.9. The zero-order valence-corrected chi connectivity index (χ0v) is 12.2. The molecule has 7 nitrogen and oxygen atoms in total. The van der Waals surface area contributed by atoms with Crippen LogP contribution in [0.15, 0.2) is 4.99 Å². The number of nitrogens with zero attached hydrogens (tertiary/aromatic N) is 3. The summed E-state index contributed by atoms with van der Waals surface area (Å²) in [6, 6.07) is 0. The highest BCUT2D eigenvalue weighted by Gasteiger charge is 2.11. The molecule has 19 heavy (non-hydrogen) atoms. The minimum absolute atomic E-state index is 0. The summed E-state index contributed by atoms with van der Waals surface area (Å²) in [5, 5.41) is 12.4. The van der Waals surface area contributed by atoms with Crippen molar-refractivity contribution in [3.8, 4) is 0 Å². The number of nitrogens with one attached hydrogen (secondary N) is 1. The fraction of sp³-hybridized carbons (Fsp3) is 0.909. The molecule has 6 N–H and O–H groups in total. The lowest BCUT2D eigenvalue weighted by Gasteiger charge is -2.24. The Bertz CT molecular complexity index is 249. The van der Waals surface area contributed by atoms with E-state index in [0.29, 0.717) is 6.54 Å². The van der Waals surface area contributed by atoms with Crippen LogP contribution in [0.5, 0.6) is 0 Å². The first-order chi connectivity index (χ1) is 8.72. The summed E-state index contributed by atoms with van der Waals surface area (Å²) in [6.45, 7) is 8.38. The van der Waals surface area contributed by atoms with Crippen LogP contribution in [-0.4, -0.2) is 86.4 Å². The van der Waals surface area contributed by atoms with E-state index in [4.69, 9.17) is 16.6 Å². The molecule has 1 rings (SSSR count). The van der Waals surface area contributed by atoms with E-state index in [2.05, 4.69) is 20.1 Å². The standard InChI is InChI=1S/C11H26N6O.ClH/c12-11(13)15-3-6-16-4-1-14-2-5-17(8-7-16)9-10-18;/h14,18H,1-10H2,(H4,12,13,15);1H. The number of hydrogen-bond acceptors (Lipinski definition) is 5. The van der Waals surface area contributed by atoms with E-state index in [9.17, 15) is 0 Å². The molecule has 0 spiro atoms. The number of nitrogens with two attached hydrogens (primary N) is 2. The molecule has 1 aliphatic rings. The molecule has 1 fully saturated rings. The van der Waals surface area contributed by atoms with Crippen LogP contribution in [0.3, 0.4) is 0 Å². The predicted octanol–water partition coefficient (Wildman–Crippen LogP) is -2.12. The third kappa shape index (κ3) is 9.01. The minimum Gasteiger partial charge on any atom is -0.395 e. The van der Waals surface area contributed by atoms with Crippen molar-refractivity contribution in [2.24, 2.45) is 16.5 Å². The highest BCUT2D eigenvalue weighted by Crippen LogP contribution is 1.95. The van der Waals surface area contributed by atoms with Crippen molar-refractivity contribution < 1.29 is 5.11 Å². The molecule has 1 aliphatic heterocycles. The first-order valence-electron chi connectivity index (χ1n) is 6.54. The summed E-state index contributed by atoms with van der Waals surface area (Å²) in [4.78, 5) is 8.62. The van der Waals surface area contributed by atoms with Crippen molar-refractivity contribution in [2.45, 2.75) is 0 Å². The maximum atomic E-state index is 9.00. The van der Waals surface area contributed by atoms with Crippen LogP contribution in [0.25, 0.3) is 0 Å². The summed E-state index contributed by atoms with van der Waals surface area (Å²) >= 11 is 0. The quantitative estimate of drug-likeness (QED) is 0.342. The van der Waals surface area contributed by atoms with Crippen molar-refractivity contribution in [1.29, 1.82) is 0 Å². The molecule has 8 heteroatoms. The molecule has 0 aromatic carbocycles. The third-order valence-corrected chi connectivity index (χ3v) is 3.07. The average molecular weight is 295 g/mol. The molecular formula is C11H27ClN6O. The SMILES string of the molecule is Cl.NC(N)=NCCN1CCNCCN(CCO)CC1. The fourth-order valence-electron chi connectivity index (χ4n) is 2.01. The Labute approximate surface area is 121 Å². The summed E-state index contributed by atoms with van der Waals surface area (Å²) < 4.78 is 0. The number of β-amino-alcohol motifs (C(OH)–C–C–N with tert-alkyl or cyclic N) is 1. The van der Waals surface area contributed by atoms with Crippen LogP contribution >= 0.6 is 12.4 Å². The van der Waals surface area contributed by atoms with E-state index in [1.165, 1.54) is 0 Å². The van der Waals surface area contributed by atoms with E-state index >= 15 is 0 Å². The molecule has 0 saturated carbocycles. The largest absolute Gasteiger partial charge is 0.395 e. The van der Waals surface area contributed by atoms with Gasteiger partial charge in [0.1, 0.15) is 0 Å². The molecule has 0 aromatic heterocycles. The van der Waals surface area contributed by atoms with Crippen molar-refractivity contribution in [3.05, 3.63) is 0 Å². The van der Waals surface area contributed by atoms with Gasteiger partial charge in [0.2, 0.25) is 0 Å². The van der Waals surface area contributed by atoms with Crippen molar-refractivity contribution in [1.82, 2.24) is 15.1 Å². The van der Waals surface area contributed by atoms with Crippen molar-refractivity contribution in [3.63, 3.8) is 0 Å². The lowest BCUT2D eigenvalue weighted by molar-refractivity contribution is 0.179. The second kappa shape index (κ2) is 11.2. The Morgan fingerprint density at radius 1 is 1.05 bits per heavy atom. The second-order valence-corrected chi connectivity index (χ2v) is 4.46. The first-order valence-corrected chi connectivity index (χ1v) is 6.54. The average Bonchev–Trinajstić information content (AvgIpc) is 2.43. The number of aliphatic hydroxyl groups excluding tert-OH is 1. The van der Waals surface area contributed by atoms with Gasteiger partial charge in [0, 0.05) is 52.4 Å². The number of aliphatic imine (C=N–C) groups is 1. The Hall–Kier alpha value is -0.600. The van der Waals surface area contributed by atoms with Gasteiger partial charge in [-0.05, 0) is 0 Å². The third-order valence-electron chi connectivity index (χ3n) is 3.07. The summed E-state index contributed by atoms with van der Waals surface area (Å²) in [5.41, 5.74) is 10.6. The number of guanidine groups is 1. The molecule has 0 aliphatic carbocycles. The van der Waals surface area contributed by atoms with Gasteiger partial charge in [0.05, 0.1) is 13.2 Å². The summed E-state index contributed by atoms with van der Waals surface area (Å²) in [5.74, 6) is 0.152. The zero-order chi connectivity index (χ0) is 13.2. The van der Waals surface area contributed by atoms with Gasteiger partial charge in [-0.15, -0.1) is 12.4 Å². The second-order valence-electron chi connectivity index (χ2n) is 4.46. The van der Waals surface area contributed by atoms with Gasteiger partial charge < -0.3 is 21.9 Å². The van der Waals surface area contributed by atoms with E-state index in [1.807, 2.05) is 0 Å². The van der Waals surface area contributed by atoms with Crippen LogP contribution in [0, 0.1) is 0 Å². The van der Waals surface area contributed by atoms with Gasteiger partial charge in [-0.1, -0.05) is 0 Å². The van der Waals surface area contributed by atoms with Crippen LogP contribution in [-0.2, 0) is 0 Å². The lowest BCUT2D eigenvalue weighted by atomic mass is 10.4. The topological polar surface area (TPSA) is 103 Å². The van der Waals surface area contributed by atoms with Gasteiger partial charge in [-0.25, -0.2) is 0 Å². The van der Waals surface area contributed by atoms with Crippen LogP contribution < -0.4 is 16.8 Å². The maximum Gasteiger partial charge on any atom is 0.185 e. The van der Waals surface area contributed by atoms with Gasteiger partial charge in [-0.2, -0.15) is 0 Å². The first kappa shape index (κ1) is 18.4. The molecule has 0 radical (unpaired) electrons. The number of rotatable bonds is 5. The number of aliphatic hydroxyl groups is 1. The maximum absolute atomic E-state index is 9.00. The monoisotopic (exact) mass is 294 g/mol. The molecule has 0 bridgehead atoms. The van der Waals surface area contributed by atoms with E-state index in [-0.39, 0.29) is 25.0 Å². The molecule has 0 unspecified atom stereocenters. The highest BCUT2D eigenvalue weighted by molar-refractivity contribution is 5.85. The van der Waals surface area contributed by atoms with Gasteiger partial charge in [0.25, 0.3) is 0 Å². The van der Waals surface area contributed by atoms with Crippen LogP contribution in [0.4, 0.5) is 0 Å². The van der Waals surface area contributed by atoms with Crippen LogP contribution in [0.2, 0.25) is 0 Å². The Morgan fingerprint density at radius 2 is 1.63 bits per heavy atom. The fourth-order valence-corrected chi connectivity index (χ4v) is 2.01. The lowest BCUT2D eigenvalue weighted by Crippen LogP contribution is -2.38. The van der Waals surface area contributed by atoms with E-state index < -0.39 is 0 Å². The smallest absolute Gasteiger partial charge is 0.185 e. The molecule has 1 saturated heterocycles. The van der Waals surface area contributed by atoms with Gasteiger partial charge in [-0.3, -0.25) is 14.8 Å². The van der Waals surface area contributed by atoms with Crippen LogP contribution in [0.1, 0.15) is 0 Å². The molecule has 0 amide bonds. The molecule has 1 heterocycles. The molecule has 0 aromatic rings. The van der Waals surface area contributed by atoms with Crippen molar-refractivity contribution in [2.75, 3.05) is 65.5 Å². The van der Waals surface area contributed by atoms with Gasteiger partial charge in [0.15, 0.2) is 5.96 Å². The Balaban J connectivity index is 0.00000324. The summed E-state index contributed by atoms with van der Waals surface area (Å²) in [6.07, 6.45) is 0. The molecular weight excluding hydrogens is 268 g/mol. The Morgan fingerprint density at radius 3 is 2.16 bits per heavy atom. The zero-order valence-electron chi connectivity index (χ0n) is 11.4.